The van der Waals surface area contributed by atoms with Gasteiger partial charge in [0.15, 0.2) is 0 Å². The third kappa shape index (κ3) is 9.20. The summed E-state index contributed by atoms with van der Waals surface area (Å²) in [6, 6.07) is 25.0. The predicted molar refractivity (Wildman–Crippen MR) is 236 cm³/mol. The summed E-state index contributed by atoms with van der Waals surface area (Å²) in [6.07, 6.45) is 8.02. The van der Waals surface area contributed by atoms with Crippen molar-refractivity contribution in [3.63, 3.8) is 0 Å². The van der Waals surface area contributed by atoms with Crippen LogP contribution in [0.15, 0.2) is 114 Å². The Bertz CT molecular complexity index is 2270. The highest BCUT2D eigenvalue weighted by molar-refractivity contribution is 6.03. The molecule has 3 aliphatic rings. The van der Waals surface area contributed by atoms with Crippen molar-refractivity contribution in [1.29, 1.82) is 0 Å². The van der Waals surface area contributed by atoms with Gasteiger partial charge < -0.3 is 34.0 Å². The maximum absolute atomic E-state index is 14.6. The van der Waals surface area contributed by atoms with Gasteiger partial charge in [0.1, 0.15) is 29.9 Å². The molecule has 0 bridgehead atoms. The van der Waals surface area contributed by atoms with Gasteiger partial charge in [-0.25, -0.2) is 4.79 Å². The van der Waals surface area contributed by atoms with Gasteiger partial charge in [0, 0.05) is 37.2 Å². The van der Waals surface area contributed by atoms with Gasteiger partial charge in [-0.3, -0.25) is 15.0 Å². The maximum Gasteiger partial charge on any atom is 0.410 e. The first-order valence-corrected chi connectivity index (χ1v) is 21.8. The Hall–Kier alpha value is -5.76. The summed E-state index contributed by atoms with van der Waals surface area (Å²) in [6.45, 7) is 8.59. The molecule has 4 aromatic carbocycles. The molecular weight excluding hydrogens is 791 g/mol. The van der Waals surface area contributed by atoms with Crippen molar-refractivity contribution in [2.24, 2.45) is 22.9 Å². The second-order valence-corrected chi connectivity index (χ2v) is 16.0. The van der Waals surface area contributed by atoms with Crippen LogP contribution in [0.5, 0.6) is 17.2 Å². The Morgan fingerprint density at radius 2 is 1.73 bits per heavy atom. The van der Waals surface area contributed by atoms with E-state index in [1.54, 1.807) is 36.1 Å². The van der Waals surface area contributed by atoms with E-state index in [1.165, 1.54) is 12.1 Å². The van der Waals surface area contributed by atoms with Crippen molar-refractivity contribution in [3.05, 3.63) is 130 Å². The highest BCUT2D eigenvalue weighted by Gasteiger charge is 2.65. The van der Waals surface area contributed by atoms with Crippen LogP contribution in [0, 0.1) is 27.9 Å². The highest BCUT2D eigenvalue weighted by Crippen LogP contribution is 2.62. The number of fused-ring (bicyclic) bond motifs is 3. The molecule has 328 valence electrons. The molecule has 62 heavy (non-hydrogen) atoms. The number of carbonyl (C=O) groups excluding carboxylic acids is 1. The van der Waals surface area contributed by atoms with Gasteiger partial charge in [-0.1, -0.05) is 78.7 Å². The van der Waals surface area contributed by atoms with E-state index in [4.69, 9.17) is 28.9 Å². The van der Waals surface area contributed by atoms with Gasteiger partial charge in [-0.05, 0) is 97.5 Å². The van der Waals surface area contributed by atoms with E-state index in [-0.39, 0.29) is 62.8 Å². The van der Waals surface area contributed by atoms with Gasteiger partial charge in [-0.2, -0.15) is 0 Å². The second-order valence-electron chi connectivity index (χ2n) is 16.0. The van der Waals surface area contributed by atoms with Crippen LogP contribution in [-0.2, 0) is 20.9 Å². The second kappa shape index (κ2) is 20.4. The molecule has 6 atom stereocenters. The zero-order chi connectivity index (χ0) is 43.6. The fraction of sp³-hybridized carbons (Fsp3) is 0.429. The number of benzene rings is 4. The van der Waals surface area contributed by atoms with Crippen LogP contribution in [0.3, 0.4) is 0 Å². The van der Waals surface area contributed by atoms with Crippen LogP contribution in [-0.4, -0.2) is 76.7 Å². The number of nitro groups is 1. The molecule has 2 aliphatic carbocycles. The minimum Gasteiger partial charge on any atom is -0.459 e. The minimum atomic E-state index is -1.49. The monoisotopic (exact) mass is 847 g/mol. The number of unbranched alkanes of at least 4 members (excludes halogenated alkanes) is 2. The fourth-order valence-corrected chi connectivity index (χ4v) is 9.77. The molecule has 13 nitrogen and oxygen atoms in total. The Morgan fingerprint density at radius 1 is 0.968 bits per heavy atom. The number of carbonyl (C=O) groups is 1. The smallest absolute Gasteiger partial charge is 0.410 e. The van der Waals surface area contributed by atoms with Crippen molar-refractivity contribution in [2.45, 2.75) is 83.1 Å². The lowest BCUT2D eigenvalue weighted by Crippen LogP contribution is -2.70. The molecular formula is C49H57N3O10. The number of allylic oxidation sites excluding steroid dienone is 1. The number of amides is 1. The van der Waals surface area contributed by atoms with Crippen LogP contribution < -0.4 is 9.47 Å². The van der Waals surface area contributed by atoms with E-state index in [0.717, 1.165) is 53.2 Å². The molecule has 1 fully saturated rings. The lowest BCUT2D eigenvalue weighted by Gasteiger charge is -2.59. The van der Waals surface area contributed by atoms with Crippen LogP contribution >= 0.6 is 0 Å². The molecule has 2 N–H and O–H groups in total. The number of non-ortho nitro benzene ring substituents is 1. The van der Waals surface area contributed by atoms with Gasteiger partial charge in [-0.15, -0.1) is 6.58 Å². The van der Waals surface area contributed by atoms with Crippen LogP contribution in [0.25, 0.3) is 10.8 Å². The van der Waals surface area contributed by atoms with Crippen molar-refractivity contribution in [3.8, 4) is 17.2 Å². The van der Waals surface area contributed by atoms with Crippen LogP contribution in [0.4, 0.5) is 10.5 Å². The van der Waals surface area contributed by atoms with E-state index in [2.05, 4.69) is 12.7 Å². The summed E-state index contributed by atoms with van der Waals surface area (Å²) >= 11 is 0. The summed E-state index contributed by atoms with van der Waals surface area (Å²) in [5, 5.41) is 38.3. The molecule has 0 saturated heterocycles. The fourth-order valence-electron chi connectivity index (χ4n) is 9.77. The number of aliphatic hydroxyl groups excluding tert-OH is 2. The van der Waals surface area contributed by atoms with Gasteiger partial charge in [0.25, 0.3) is 5.69 Å². The van der Waals surface area contributed by atoms with Crippen molar-refractivity contribution < 1.29 is 43.7 Å². The molecule has 1 saturated carbocycles. The molecule has 1 heterocycles. The number of hydrogen-bond donors (Lipinski definition) is 2. The van der Waals surface area contributed by atoms with E-state index < -0.39 is 28.8 Å². The minimum absolute atomic E-state index is 0.0161. The molecule has 6 unspecified atom stereocenters. The Labute approximate surface area is 362 Å². The number of nitrogens with zero attached hydrogens (tertiary/aromatic N) is 3. The van der Waals surface area contributed by atoms with Crippen LogP contribution in [0.2, 0.25) is 0 Å². The number of aliphatic hydroxyl groups is 2. The lowest BCUT2D eigenvalue weighted by atomic mass is 9.55. The molecule has 0 radical (unpaired) electrons. The van der Waals surface area contributed by atoms with Crippen molar-refractivity contribution in [2.75, 3.05) is 33.0 Å². The number of oxime groups is 1. The standard InChI is InChI=1S/C49H57N3O10/c1-4-27-59-49-45(51(48(55)58-5-2)32-35-18-13-17-33-15-7-8-21-39(33)35)31-43(50-60-6-3)41-28-34(16-9-11-25-53)40(22-10-12-26-54)46(47(41)49)42-30-38(23-24-44(42)62-49)61-37-20-14-19-36(29-37)52(56)57/h4,7-8,13-15,17-21,23-24,28-30,34,40,45-47,53-54H,1,5-6,9-12,16,22,25-27,31-32H2,2-3H3. The molecule has 7 rings (SSSR count). The summed E-state index contributed by atoms with van der Waals surface area (Å²) < 4.78 is 26.7. The van der Waals surface area contributed by atoms with Gasteiger partial charge in [0.05, 0.1) is 42.4 Å². The summed E-state index contributed by atoms with van der Waals surface area (Å²) in [4.78, 5) is 33.4. The maximum atomic E-state index is 14.6. The average Bonchev–Trinajstić information content (AvgIpc) is 3.28. The van der Waals surface area contributed by atoms with E-state index in [1.807, 2.05) is 61.5 Å². The largest absolute Gasteiger partial charge is 0.459 e. The third-order valence-electron chi connectivity index (χ3n) is 12.3. The topological polar surface area (TPSA) is 162 Å². The van der Waals surface area contributed by atoms with Crippen molar-refractivity contribution in [1.82, 2.24) is 4.90 Å². The summed E-state index contributed by atoms with van der Waals surface area (Å²) in [7, 11) is 0. The average molecular weight is 848 g/mol. The molecule has 4 aromatic rings. The molecule has 1 aliphatic heterocycles. The molecule has 1 amide bonds. The molecule has 0 spiro atoms. The number of rotatable bonds is 20. The van der Waals surface area contributed by atoms with Crippen molar-refractivity contribution >= 4 is 28.3 Å². The Balaban J connectivity index is 1.46. The zero-order valence-corrected chi connectivity index (χ0v) is 35.5. The summed E-state index contributed by atoms with van der Waals surface area (Å²) in [5.41, 5.74) is 3.27. The zero-order valence-electron chi connectivity index (χ0n) is 35.5. The van der Waals surface area contributed by atoms with E-state index in [0.29, 0.717) is 42.4 Å². The lowest BCUT2D eigenvalue weighted by molar-refractivity contribution is -0.384. The first-order chi connectivity index (χ1) is 30.3. The molecule has 0 aromatic heterocycles. The Morgan fingerprint density at radius 3 is 2.48 bits per heavy atom. The first kappa shape index (κ1) is 44.3. The number of hydrogen-bond acceptors (Lipinski definition) is 11. The Kier molecular flexibility index (Phi) is 14.6. The normalized spacial score (nSPS) is 23.1. The highest BCUT2D eigenvalue weighted by atomic mass is 16.7. The summed E-state index contributed by atoms with van der Waals surface area (Å²) in [5.74, 6) is -0.993. The molecule has 13 heteroatoms. The van der Waals surface area contributed by atoms with E-state index >= 15 is 0 Å². The number of ether oxygens (including phenoxy) is 4. The van der Waals surface area contributed by atoms with E-state index in [9.17, 15) is 25.1 Å². The van der Waals surface area contributed by atoms with Gasteiger partial charge in [0.2, 0.25) is 5.79 Å². The first-order valence-electron chi connectivity index (χ1n) is 21.8. The quantitative estimate of drug-likeness (QED) is 0.0379. The SMILES string of the molecule is C=CCOC12Oc3ccc(Oc4cccc([N+](=O)[O-])c4)cc3C3C(CCCCO)C(CCCCO)C=C(C(=NOCC)CC1N(Cc1cccc4ccccc14)C(=O)OCC)C32. The predicted octanol–water partition coefficient (Wildman–Crippen LogP) is 9.85. The van der Waals surface area contributed by atoms with Gasteiger partial charge >= 0.3 is 6.09 Å². The third-order valence-corrected chi connectivity index (χ3v) is 12.3. The van der Waals surface area contributed by atoms with Crippen LogP contribution in [0.1, 0.15) is 75.8 Å². The number of nitro benzene ring substituents is 1.